The Hall–Kier alpha value is -1.91. The fourth-order valence-corrected chi connectivity index (χ4v) is 4.53. The smallest absolute Gasteiger partial charge is 0.268 e. The number of nitrogens with zero attached hydrogens (tertiary/aromatic N) is 2. The van der Waals surface area contributed by atoms with E-state index in [9.17, 15) is 4.79 Å². The molecule has 1 saturated heterocycles. The van der Waals surface area contributed by atoms with Gasteiger partial charge in [-0.3, -0.25) is 13.7 Å². The molecule has 0 aliphatic carbocycles. The van der Waals surface area contributed by atoms with Crippen LogP contribution in [0, 0.1) is 0 Å². The summed E-state index contributed by atoms with van der Waals surface area (Å²) in [6.07, 6.45) is 2.11. The lowest BCUT2D eigenvalue weighted by molar-refractivity contribution is 0.183. The first kappa shape index (κ1) is 14.7. The molecular formula is C19H20N2OS. The van der Waals surface area contributed by atoms with Crippen molar-refractivity contribution in [2.24, 2.45) is 0 Å². The highest BCUT2D eigenvalue weighted by Crippen LogP contribution is 2.27. The summed E-state index contributed by atoms with van der Waals surface area (Å²) in [6, 6.07) is 18.9. The molecule has 0 spiro atoms. The molecule has 0 saturated carbocycles. The molecule has 1 aliphatic rings. The van der Waals surface area contributed by atoms with Crippen LogP contribution in [0.15, 0.2) is 59.4 Å². The van der Waals surface area contributed by atoms with Crippen LogP contribution in [0.1, 0.15) is 24.4 Å². The van der Waals surface area contributed by atoms with Gasteiger partial charge in [-0.05, 0) is 30.5 Å². The third-order valence-electron chi connectivity index (χ3n) is 4.65. The number of hydrogen-bond donors (Lipinski definition) is 0. The second-order valence-electron chi connectivity index (χ2n) is 6.21. The minimum atomic E-state index is 0.187. The second-order valence-corrected chi connectivity index (χ2v) is 7.23. The summed E-state index contributed by atoms with van der Waals surface area (Å²) in [5.41, 5.74) is 1.55. The van der Waals surface area contributed by atoms with Gasteiger partial charge in [-0.25, -0.2) is 0 Å². The zero-order valence-corrected chi connectivity index (χ0v) is 13.8. The molecule has 0 bridgehead atoms. The molecule has 1 fully saturated rings. The Morgan fingerprint density at radius 3 is 2.39 bits per heavy atom. The van der Waals surface area contributed by atoms with Crippen LogP contribution in [-0.2, 0) is 6.54 Å². The molecule has 2 heterocycles. The first-order chi connectivity index (χ1) is 11.3. The van der Waals surface area contributed by atoms with Gasteiger partial charge in [-0.1, -0.05) is 54.0 Å². The maximum absolute atomic E-state index is 12.6. The summed E-state index contributed by atoms with van der Waals surface area (Å²) in [4.78, 5) is 15.1. The second kappa shape index (κ2) is 6.30. The summed E-state index contributed by atoms with van der Waals surface area (Å²) >= 11 is 1.62. The van der Waals surface area contributed by atoms with E-state index in [0.717, 1.165) is 42.6 Å². The minimum absolute atomic E-state index is 0.187. The average molecular weight is 324 g/mol. The van der Waals surface area contributed by atoms with Gasteiger partial charge in [0, 0.05) is 19.6 Å². The van der Waals surface area contributed by atoms with Crippen LogP contribution < -0.4 is 5.56 Å². The zero-order valence-electron chi connectivity index (χ0n) is 13.0. The normalized spacial score (nSPS) is 16.9. The van der Waals surface area contributed by atoms with Gasteiger partial charge < -0.3 is 0 Å². The fourth-order valence-electron chi connectivity index (χ4n) is 3.38. The van der Waals surface area contributed by atoms with Crippen molar-refractivity contribution < 1.29 is 0 Å². The molecular weight excluding hydrogens is 304 g/mol. The van der Waals surface area contributed by atoms with Gasteiger partial charge in [-0.2, -0.15) is 0 Å². The topological polar surface area (TPSA) is 25.2 Å². The highest BCUT2D eigenvalue weighted by Gasteiger charge is 2.23. The average Bonchev–Trinajstić information content (AvgIpc) is 2.94. The Balaban J connectivity index is 1.46. The van der Waals surface area contributed by atoms with Gasteiger partial charge in [0.15, 0.2) is 0 Å². The number of likely N-dealkylation sites (tertiary alicyclic amines) is 1. The molecule has 0 unspecified atom stereocenters. The zero-order chi connectivity index (χ0) is 15.6. The molecule has 2 aromatic carbocycles. The van der Waals surface area contributed by atoms with E-state index in [4.69, 9.17) is 0 Å². The van der Waals surface area contributed by atoms with Crippen molar-refractivity contribution in [3.8, 4) is 0 Å². The van der Waals surface area contributed by atoms with E-state index in [1.807, 2.05) is 28.2 Å². The predicted molar refractivity (Wildman–Crippen MR) is 96.1 cm³/mol. The maximum atomic E-state index is 12.6. The molecule has 23 heavy (non-hydrogen) atoms. The molecule has 118 valence electrons. The third kappa shape index (κ3) is 2.96. The van der Waals surface area contributed by atoms with E-state index in [0.29, 0.717) is 6.04 Å². The molecule has 4 rings (SSSR count). The summed E-state index contributed by atoms with van der Waals surface area (Å²) in [5.74, 6) is 0. The highest BCUT2D eigenvalue weighted by atomic mass is 32.1. The largest absolute Gasteiger partial charge is 0.299 e. The van der Waals surface area contributed by atoms with E-state index in [1.54, 1.807) is 11.5 Å². The summed E-state index contributed by atoms with van der Waals surface area (Å²) < 4.78 is 3.11. The Kier molecular flexibility index (Phi) is 4.02. The van der Waals surface area contributed by atoms with Crippen molar-refractivity contribution in [3.05, 3.63) is 70.5 Å². The number of fused-ring (bicyclic) bond motifs is 1. The van der Waals surface area contributed by atoms with Crippen molar-refractivity contribution in [1.29, 1.82) is 0 Å². The summed E-state index contributed by atoms with van der Waals surface area (Å²) in [7, 11) is 0. The number of aromatic nitrogens is 1. The number of benzene rings is 2. The Morgan fingerprint density at radius 2 is 1.65 bits per heavy atom. The van der Waals surface area contributed by atoms with Gasteiger partial charge in [0.1, 0.15) is 0 Å². The highest BCUT2D eigenvalue weighted by molar-refractivity contribution is 7.13. The summed E-state index contributed by atoms with van der Waals surface area (Å²) in [5, 5.41) is 0.865. The molecule has 3 aromatic rings. The quantitative estimate of drug-likeness (QED) is 0.730. The first-order valence-electron chi connectivity index (χ1n) is 8.18. The van der Waals surface area contributed by atoms with Crippen LogP contribution in [0.5, 0.6) is 0 Å². The Labute approximate surface area is 139 Å². The van der Waals surface area contributed by atoms with Gasteiger partial charge in [0.25, 0.3) is 5.56 Å². The molecule has 0 atom stereocenters. The van der Waals surface area contributed by atoms with Crippen molar-refractivity contribution in [1.82, 2.24) is 8.86 Å². The monoisotopic (exact) mass is 324 g/mol. The Morgan fingerprint density at radius 1 is 0.957 bits per heavy atom. The van der Waals surface area contributed by atoms with Gasteiger partial charge in [0.2, 0.25) is 0 Å². The lowest BCUT2D eigenvalue weighted by Gasteiger charge is -2.31. The van der Waals surface area contributed by atoms with Crippen molar-refractivity contribution in [2.45, 2.75) is 25.4 Å². The van der Waals surface area contributed by atoms with E-state index >= 15 is 0 Å². The van der Waals surface area contributed by atoms with Crippen LogP contribution in [0.2, 0.25) is 0 Å². The lowest BCUT2D eigenvalue weighted by Crippen LogP contribution is -2.35. The molecule has 1 aromatic heterocycles. The van der Waals surface area contributed by atoms with Crippen molar-refractivity contribution in [2.75, 3.05) is 13.1 Å². The van der Waals surface area contributed by atoms with Crippen LogP contribution >= 0.6 is 11.5 Å². The summed E-state index contributed by atoms with van der Waals surface area (Å²) in [6.45, 7) is 3.12. The van der Waals surface area contributed by atoms with Gasteiger partial charge in [0.05, 0.1) is 16.1 Å². The SMILES string of the molecule is O=c1c2ccccc2sn1C1CCN(Cc2ccccc2)CC1. The van der Waals surface area contributed by atoms with E-state index in [2.05, 4.69) is 35.2 Å². The van der Waals surface area contributed by atoms with Crippen LogP contribution in [0.4, 0.5) is 0 Å². The van der Waals surface area contributed by atoms with E-state index in [1.165, 1.54) is 5.56 Å². The molecule has 0 amide bonds. The van der Waals surface area contributed by atoms with Gasteiger partial charge >= 0.3 is 0 Å². The van der Waals surface area contributed by atoms with Crippen LogP contribution in [-0.4, -0.2) is 21.9 Å². The van der Waals surface area contributed by atoms with E-state index in [-0.39, 0.29) is 5.56 Å². The number of rotatable bonds is 3. The molecule has 0 radical (unpaired) electrons. The van der Waals surface area contributed by atoms with Crippen LogP contribution in [0.3, 0.4) is 0 Å². The molecule has 3 nitrogen and oxygen atoms in total. The Bertz CT molecular complexity index is 844. The molecule has 0 N–H and O–H groups in total. The van der Waals surface area contributed by atoms with Crippen LogP contribution in [0.25, 0.3) is 10.1 Å². The first-order valence-corrected chi connectivity index (χ1v) is 8.95. The number of piperidine rings is 1. The van der Waals surface area contributed by atoms with Gasteiger partial charge in [-0.15, -0.1) is 0 Å². The number of hydrogen-bond acceptors (Lipinski definition) is 3. The third-order valence-corrected chi connectivity index (χ3v) is 5.87. The fraction of sp³-hybridized carbons (Fsp3) is 0.316. The molecule has 1 aliphatic heterocycles. The minimum Gasteiger partial charge on any atom is -0.299 e. The molecule has 4 heteroatoms. The standard InChI is InChI=1S/C19H20N2OS/c22-19-17-8-4-5-9-18(17)23-21(19)16-10-12-20(13-11-16)14-15-6-2-1-3-7-15/h1-9,16H,10-14H2. The maximum Gasteiger partial charge on any atom is 0.268 e. The van der Waals surface area contributed by atoms with Crippen molar-refractivity contribution >= 4 is 21.6 Å². The van der Waals surface area contributed by atoms with E-state index < -0.39 is 0 Å². The predicted octanol–water partition coefficient (Wildman–Crippen LogP) is 3.90. The lowest BCUT2D eigenvalue weighted by atomic mass is 10.0. The van der Waals surface area contributed by atoms with Crippen molar-refractivity contribution in [3.63, 3.8) is 0 Å².